The zero-order valence-corrected chi connectivity index (χ0v) is 10.8. The van der Waals surface area contributed by atoms with Crippen LogP contribution in [0.25, 0.3) is 0 Å². The van der Waals surface area contributed by atoms with Crippen LogP contribution < -0.4 is 0 Å². The Hall–Kier alpha value is -0.900. The molecule has 1 saturated carbocycles. The van der Waals surface area contributed by atoms with Gasteiger partial charge in [-0.3, -0.25) is 0 Å². The number of rotatable bonds is 4. The lowest BCUT2D eigenvalue weighted by Crippen LogP contribution is -2.20. The molecular formula is C13H18O3S. The smallest absolute Gasteiger partial charge is 0.371 e. The second-order valence-electron chi connectivity index (χ2n) is 4.53. The van der Waals surface area contributed by atoms with Crippen molar-refractivity contribution in [2.75, 3.05) is 0 Å². The normalized spacial score (nSPS) is 24.8. The van der Waals surface area contributed by atoms with Crippen LogP contribution in [0.15, 0.2) is 21.6 Å². The molecule has 0 bridgehead atoms. The van der Waals surface area contributed by atoms with Crippen molar-refractivity contribution >= 4 is 17.7 Å². The van der Waals surface area contributed by atoms with Crippen molar-refractivity contribution in [1.82, 2.24) is 0 Å². The standard InChI is InChI=1S/C13H18O3S/c1-2-9-5-3-4-6-11(9)17-12-8-7-10(16-12)13(14)15/h7-9,11H,2-6H2,1H3,(H,14,15). The van der Waals surface area contributed by atoms with Gasteiger partial charge < -0.3 is 9.52 Å². The van der Waals surface area contributed by atoms with Crippen LogP contribution in [0, 0.1) is 5.92 Å². The molecule has 0 saturated heterocycles. The summed E-state index contributed by atoms with van der Waals surface area (Å²) in [4.78, 5) is 10.7. The van der Waals surface area contributed by atoms with Gasteiger partial charge in [0.15, 0.2) is 5.09 Å². The van der Waals surface area contributed by atoms with E-state index >= 15 is 0 Å². The van der Waals surface area contributed by atoms with E-state index in [1.165, 1.54) is 38.2 Å². The molecule has 0 radical (unpaired) electrons. The first kappa shape index (κ1) is 12.6. The van der Waals surface area contributed by atoms with Gasteiger partial charge in [0.1, 0.15) is 0 Å². The van der Waals surface area contributed by atoms with E-state index in [-0.39, 0.29) is 5.76 Å². The summed E-state index contributed by atoms with van der Waals surface area (Å²) in [6.45, 7) is 2.23. The minimum Gasteiger partial charge on any atom is -0.475 e. The number of carboxylic acids is 1. The predicted octanol–water partition coefficient (Wildman–Crippen LogP) is 4.04. The molecule has 17 heavy (non-hydrogen) atoms. The Bertz CT molecular complexity index is 386. The van der Waals surface area contributed by atoms with Gasteiger partial charge in [0.2, 0.25) is 5.76 Å². The number of thioether (sulfide) groups is 1. The van der Waals surface area contributed by atoms with Crippen LogP contribution in [0.4, 0.5) is 0 Å². The number of carbonyl (C=O) groups is 1. The summed E-state index contributed by atoms with van der Waals surface area (Å²) in [5, 5.41) is 10.1. The van der Waals surface area contributed by atoms with Gasteiger partial charge in [0.05, 0.1) is 0 Å². The lowest BCUT2D eigenvalue weighted by molar-refractivity contribution is 0.0656. The monoisotopic (exact) mass is 254 g/mol. The summed E-state index contributed by atoms with van der Waals surface area (Å²) in [5.41, 5.74) is 0. The molecule has 1 aromatic rings. The quantitative estimate of drug-likeness (QED) is 0.881. The van der Waals surface area contributed by atoms with Crippen LogP contribution >= 0.6 is 11.8 Å². The van der Waals surface area contributed by atoms with Crippen molar-refractivity contribution in [3.8, 4) is 0 Å². The van der Waals surface area contributed by atoms with Gasteiger partial charge in [-0.2, -0.15) is 0 Å². The summed E-state index contributed by atoms with van der Waals surface area (Å²) >= 11 is 1.71. The molecule has 4 heteroatoms. The predicted molar refractivity (Wildman–Crippen MR) is 67.6 cm³/mol. The van der Waals surface area contributed by atoms with Gasteiger partial charge in [0.25, 0.3) is 0 Å². The number of carboxylic acid groups (broad SMARTS) is 1. The van der Waals surface area contributed by atoms with Crippen molar-refractivity contribution in [3.63, 3.8) is 0 Å². The van der Waals surface area contributed by atoms with E-state index in [4.69, 9.17) is 9.52 Å². The summed E-state index contributed by atoms with van der Waals surface area (Å²) < 4.78 is 5.30. The molecule has 0 spiro atoms. The van der Waals surface area contributed by atoms with Gasteiger partial charge >= 0.3 is 5.97 Å². The van der Waals surface area contributed by atoms with Crippen LogP contribution in [0.5, 0.6) is 0 Å². The molecule has 1 aliphatic rings. The molecule has 1 aromatic heterocycles. The number of furan rings is 1. The van der Waals surface area contributed by atoms with Gasteiger partial charge in [-0.25, -0.2) is 4.79 Å². The molecule has 2 unspecified atom stereocenters. The first-order chi connectivity index (χ1) is 8.20. The van der Waals surface area contributed by atoms with E-state index in [0.29, 0.717) is 5.25 Å². The summed E-state index contributed by atoms with van der Waals surface area (Å²) in [6.07, 6.45) is 6.31. The van der Waals surface area contributed by atoms with Crippen LogP contribution in [-0.4, -0.2) is 16.3 Å². The maximum atomic E-state index is 10.7. The largest absolute Gasteiger partial charge is 0.475 e. The van der Waals surface area contributed by atoms with Crippen LogP contribution in [-0.2, 0) is 0 Å². The van der Waals surface area contributed by atoms with Gasteiger partial charge in [-0.1, -0.05) is 37.9 Å². The minimum atomic E-state index is -0.993. The van der Waals surface area contributed by atoms with Gasteiger partial charge in [0, 0.05) is 5.25 Å². The molecule has 1 aliphatic carbocycles. The lowest BCUT2D eigenvalue weighted by Gasteiger charge is -2.29. The number of hydrogen-bond donors (Lipinski definition) is 1. The molecule has 1 heterocycles. The molecule has 1 N–H and O–H groups in total. The number of aromatic carboxylic acids is 1. The van der Waals surface area contributed by atoms with Crippen molar-refractivity contribution < 1.29 is 14.3 Å². The highest BCUT2D eigenvalue weighted by Crippen LogP contribution is 2.39. The van der Waals surface area contributed by atoms with E-state index in [2.05, 4.69) is 6.92 Å². The Morgan fingerprint density at radius 1 is 1.47 bits per heavy atom. The third-order valence-corrected chi connectivity index (χ3v) is 4.80. The highest BCUT2D eigenvalue weighted by atomic mass is 32.2. The molecule has 0 amide bonds. The van der Waals surface area contributed by atoms with Crippen molar-refractivity contribution in [3.05, 3.63) is 17.9 Å². The van der Waals surface area contributed by atoms with E-state index in [1.54, 1.807) is 17.8 Å². The van der Waals surface area contributed by atoms with E-state index in [9.17, 15) is 4.79 Å². The van der Waals surface area contributed by atoms with E-state index < -0.39 is 5.97 Å². The van der Waals surface area contributed by atoms with Crippen molar-refractivity contribution in [1.29, 1.82) is 0 Å². The summed E-state index contributed by atoms with van der Waals surface area (Å²) in [5.74, 6) is -0.212. The third-order valence-electron chi connectivity index (χ3n) is 3.42. The van der Waals surface area contributed by atoms with Gasteiger partial charge in [-0.05, 0) is 30.9 Å². The van der Waals surface area contributed by atoms with Gasteiger partial charge in [-0.15, -0.1) is 0 Å². The average molecular weight is 254 g/mol. The fourth-order valence-electron chi connectivity index (χ4n) is 2.44. The first-order valence-electron chi connectivity index (χ1n) is 6.20. The molecule has 0 aliphatic heterocycles. The Balaban J connectivity index is 2.00. The SMILES string of the molecule is CCC1CCCCC1Sc1ccc(C(=O)O)o1. The van der Waals surface area contributed by atoms with Crippen molar-refractivity contribution in [2.24, 2.45) is 5.92 Å². The maximum Gasteiger partial charge on any atom is 0.371 e. The zero-order valence-electron chi connectivity index (χ0n) is 10.0. The molecule has 0 aromatic carbocycles. The van der Waals surface area contributed by atoms with E-state index in [0.717, 1.165) is 11.0 Å². The summed E-state index contributed by atoms with van der Waals surface area (Å²) in [7, 11) is 0. The topological polar surface area (TPSA) is 50.4 Å². The highest BCUT2D eigenvalue weighted by molar-refractivity contribution is 7.99. The minimum absolute atomic E-state index is 0.0383. The Morgan fingerprint density at radius 2 is 2.24 bits per heavy atom. The molecule has 3 nitrogen and oxygen atoms in total. The molecule has 2 atom stereocenters. The Labute approximate surface area is 106 Å². The van der Waals surface area contributed by atoms with Crippen LogP contribution in [0.1, 0.15) is 49.6 Å². The lowest BCUT2D eigenvalue weighted by atomic mass is 9.87. The Morgan fingerprint density at radius 3 is 2.88 bits per heavy atom. The maximum absolute atomic E-state index is 10.7. The average Bonchev–Trinajstić information content (AvgIpc) is 2.78. The van der Waals surface area contributed by atoms with Crippen LogP contribution in [0.2, 0.25) is 0 Å². The number of hydrogen-bond acceptors (Lipinski definition) is 3. The molecule has 2 rings (SSSR count). The third kappa shape index (κ3) is 3.06. The zero-order chi connectivity index (χ0) is 12.3. The van der Waals surface area contributed by atoms with Crippen LogP contribution in [0.3, 0.4) is 0 Å². The Kier molecular flexibility index (Phi) is 4.15. The molecular weight excluding hydrogens is 236 g/mol. The molecule has 94 valence electrons. The van der Waals surface area contributed by atoms with Crippen molar-refractivity contribution in [2.45, 2.75) is 49.4 Å². The highest BCUT2D eigenvalue weighted by Gasteiger charge is 2.25. The fraction of sp³-hybridized carbons (Fsp3) is 0.615. The van der Waals surface area contributed by atoms with E-state index in [1.807, 2.05) is 0 Å². The molecule has 1 fully saturated rings. The second kappa shape index (κ2) is 5.63. The second-order valence-corrected chi connectivity index (χ2v) is 5.78. The first-order valence-corrected chi connectivity index (χ1v) is 7.08. The summed E-state index contributed by atoms with van der Waals surface area (Å²) in [6, 6.07) is 3.31. The fourth-order valence-corrected chi connectivity index (χ4v) is 3.83.